The zero-order chi connectivity index (χ0) is 17.2. The van der Waals surface area contributed by atoms with E-state index in [1.54, 1.807) is 24.5 Å². The quantitative estimate of drug-likeness (QED) is 0.716. The summed E-state index contributed by atoms with van der Waals surface area (Å²) >= 11 is 0. The number of nitrogens with zero attached hydrogens (tertiary/aromatic N) is 1. The van der Waals surface area contributed by atoms with Crippen LogP contribution in [0.1, 0.15) is 12.8 Å². The van der Waals surface area contributed by atoms with Crippen LogP contribution in [-0.4, -0.2) is 35.2 Å². The molecule has 0 aliphatic carbocycles. The predicted molar refractivity (Wildman–Crippen MR) is 90.5 cm³/mol. The van der Waals surface area contributed by atoms with Crippen molar-refractivity contribution in [1.29, 1.82) is 0 Å². The van der Waals surface area contributed by atoms with E-state index in [4.69, 9.17) is 5.11 Å². The summed E-state index contributed by atoms with van der Waals surface area (Å²) in [7, 11) is -3.51. The van der Waals surface area contributed by atoms with Crippen molar-refractivity contribution in [3.05, 3.63) is 48.8 Å². The van der Waals surface area contributed by atoms with Crippen LogP contribution in [0.5, 0.6) is 0 Å². The van der Waals surface area contributed by atoms with Crippen LogP contribution in [0.3, 0.4) is 0 Å². The molecular formula is C17H16N2O4S. The summed E-state index contributed by atoms with van der Waals surface area (Å²) in [6.45, 7) is 0. The van der Waals surface area contributed by atoms with Crippen molar-refractivity contribution in [3.8, 4) is 11.1 Å². The molecule has 124 valence electrons. The van der Waals surface area contributed by atoms with Crippen molar-refractivity contribution in [2.24, 2.45) is 0 Å². The van der Waals surface area contributed by atoms with E-state index in [0.717, 1.165) is 22.2 Å². The largest absolute Gasteiger partial charge is 0.481 e. The molecule has 0 saturated heterocycles. The number of rotatable bonds is 6. The third kappa shape index (κ3) is 3.46. The number of nitrogens with one attached hydrogen (secondary N) is 1. The van der Waals surface area contributed by atoms with E-state index in [9.17, 15) is 13.2 Å². The van der Waals surface area contributed by atoms with Gasteiger partial charge in [-0.25, -0.2) is 13.4 Å². The molecule has 0 aliphatic heterocycles. The van der Waals surface area contributed by atoms with Gasteiger partial charge in [-0.1, -0.05) is 12.1 Å². The molecule has 1 aromatic carbocycles. The number of aromatic amines is 1. The molecule has 0 radical (unpaired) electrons. The molecule has 3 rings (SSSR count). The van der Waals surface area contributed by atoms with Crippen molar-refractivity contribution < 1.29 is 18.3 Å². The Morgan fingerprint density at radius 3 is 2.79 bits per heavy atom. The van der Waals surface area contributed by atoms with Gasteiger partial charge in [0.05, 0.1) is 10.6 Å². The second-order valence-corrected chi connectivity index (χ2v) is 7.59. The van der Waals surface area contributed by atoms with Crippen LogP contribution < -0.4 is 0 Å². The summed E-state index contributed by atoms with van der Waals surface area (Å²) in [4.78, 5) is 18.1. The fraction of sp³-hybridized carbons (Fsp3) is 0.176. The summed E-state index contributed by atoms with van der Waals surface area (Å²) < 4.78 is 24.7. The van der Waals surface area contributed by atoms with Gasteiger partial charge in [-0.05, 0) is 36.2 Å². The molecule has 0 amide bonds. The smallest absolute Gasteiger partial charge is 0.303 e. The molecule has 0 spiro atoms. The number of carboxylic acids is 1. The molecule has 7 heteroatoms. The average molecular weight is 344 g/mol. The van der Waals surface area contributed by atoms with Crippen molar-refractivity contribution >= 4 is 26.8 Å². The number of aliphatic carboxylic acids is 1. The minimum Gasteiger partial charge on any atom is -0.481 e. The highest BCUT2D eigenvalue weighted by molar-refractivity contribution is 7.91. The van der Waals surface area contributed by atoms with Crippen LogP contribution in [0, 0.1) is 0 Å². The lowest BCUT2D eigenvalue weighted by Gasteiger charge is -2.07. The Kier molecular flexibility index (Phi) is 4.35. The van der Waals surface area contributed by atoms with Gasteiger partial charge in [0.15, 0.2) is 9.84 Å². The fourth-order valence-electron chi connectivity index (χ4n) is 2.50. The van der Waals surface area contributed by atoms with Gasteiger partial charge in [0.2, 0.25) is 0 Å². The number of pyridine rings is 1. The molecule has 0 bridgehead atoms. The topological polar surface area (TPSA) is 100 Å². The van der Waals surface area contributed by atoms with Crippen molar-refractivity contribution in [3.63, 3.8) is 0 Å². The van der Waals surface area contributed by atoms with Crippen LogP contribution in [-0.2, 0) is 14.6 Å². The Hall–Kier alpha value is -2.67. The first-order chi connectivity index (χ1) is 11.5. The number of aromatic nitrogens is 2. The molecule has 2 aromatic heterocycles. The summed E-state index contributed by atoms with van der Waals surface area (Å²) in [5.41, 5.74) is 2.35. The second-order valence-electron chi connectivity index (χ2n) is 5.48. The van der Waals surface area contributed by atoms with Crippen molar-refractivity contribution in [2.45, 2.75) is 17.7 Å². The second kappa shape index (κ2) is 6.45. The Balaban J connectivity index is 1.89. The lowest BCUT2D eigenvalue weighted by molar-refractivity contribution is -0.137. The molecule has 0 unspecified atom stereocenters. The van der Waals surface area contributed by atoms with Gasteiger partial charge < -0.3 is 10.1 Å². The first-order valence-corrected chi connectivity index (χ1v) is 9.09. The molecule has 0 atom stereocenters. The minimum atomic E-state index is -3.51. The van der Waals surface area contributed by atoms with Gasteiger partial charge >= 0.3 is 5.97 Å². The molecule has 0 aliphatic rings. The number of carboxylic acid groups (broad SMARTS) is 1. The third-order valence-electron chi connectivity index (χ3n) is 3.73. The molecular weight excluding hydrogens is 328 g/mol. The van der Waals surface area contributed by atoms with E-state index in [2.05, 4.69) is 9.97 Å². The Labute approximate surface area is 139 Å². The Bertz CT molecular complexity index is 993. The molecule has 24 heavy (non-hydrogen) atoms. The van der Waals surface area contributed by atoms with Crippen LogP contribution in [0.4, 0.5) is 0 Å². The predicted octanol–water partition coefficient (Wildman–Crippen LogP) is 2.87. The Morgan fingerprint density at radius 2 is 2.00 bits per heavy atom. The summed E-state index contributed by atoms with van der Waals surface area (Å²) in [5.74, 6) is -1.18. The monoisotopic (exact) mass is 344 g/mol. The van der Waals surface area contributed by atoms with E-state index >= 15 is 0 Å². The maximum atomic E-state index is 12.4. The van der Waals surface area contributed by atoms with E-state index in [1.165, 1.54) is 6.07 Å². The van der Waals surface area contributed by atoms with E-state index < -0.39 is 15.8 Å². The van der Waals surface area contributed by atoms with Crippen LogP contribution in [0.25, 0.3) is 22.2 Å². The summed E-state index contributed by atoms with van der Waals surface area (Å²) in [5, 5.41) is 9.58. The normalized spacial score (nSPS) is 11.7. The zero-order valence-corrected chi connectivity index (χ0v) is 13.6. The SMILES string of the molecule is O=C(O)CCCS(=O)(=O)c1cccc(-c2cnc3[nH]ccc3c2)c1. The number of fused-ring (bicyclic) bond motifs is 1. The molecule has 2 N–H and O–H groups in total. The van der Waals surface area contributed by atoms with Gasteiger partial charge in [0, 0.05) is 29.8 Å². The number of sulfone groups is 1. The van der Waals surface area contributed by atoms with Gasteiger partial charge in [-0.2, -0.15) is 0 Å². The first kappa shape index (κ1) is 16.2. The molecule has 0 fully saturated rings. The fourth-order valence-corrected chi connectivity index (χ4v) is 3.85. The molecule has 0 saturated carbocycles. The first-order valence-electron chi connectivity index (χ1n) is 7.44. The van der Waals surface area contributed by atoms with Crippen molar-refractivity contribution in [2.75, 3.05) is 5.75 Å². The van der Waals surface area contributed by atoms with Gasteiger partial charge in [0.1, 0.15) is 5.65 Å². The number of hydrogen-bond donors (Lipinski definition) is 2. The van der Waals surface area contributed by atoms with E-state index in [0.29, 0.717) is 0 Å². The Morgan fingerprint density at radius 1 is 1.17 bits per heavy atom. The number of hydrogen-bond acceptors (Lipinski definition) is 4. The molecule has 2 heterocycles. The number of carbonyl (C=O) groups is 1. The lowest BCUT2D eigenvalue weighted by Crippen LogP contribution is -2.08. The average Bonchev–Trinajstić information content (AvgIpc) is 3.02. The van der Waals surface area contributed by atoms with Crippen LogP contribution >= 0.6 is 0 Å². The van der Waals surface area contributed by atoms with Gasteiger partial charge in [-0.3, -0.25) is 4.79 Å². The highest BCUT2D eigenvalue weighted by Gasteiger charge is 2.16. The van der Waals surface area contributed by atoms with Gasteiger partial charge in [0.25, 0.3) is 0 Å². The molecule has 6 nitrogen and oxygen atoms in total. The highest BCUT2D eigenvalue weighted by atomic mass is 32.2. The lowest BCUT2D eigenvalue weighted by atomic mass is 10.1. The molecule has 3 aromatic rings. The van der Waals surface area contributed by atoms with Crippen molar-refractivity contribution in [1.82, 2.24) is 9.97 Å². The minimum absolute atomic E-state index is 0.0960. The van der Waals surface area contributed by atoms with Crippen LogP contribution in [0.2, 0.25) is 0 Å². The van der Waals surface area contributed by atoms with E-state index in [1.807, 2.05) is 18.2 Å². The zero-order valence-electron chi connectivity index (χ0n) is 12.8. The van der Waals surface area contributed by atoms with Gasteiger partial charge in [-0.15, -0.1) is 0 Å². The van der Waals surface area contributed by atoms with Crippen LogP contribution in [0.15, 0.2) is 53.7 Å². The third-order valence-corrected chi connectivity index (χ3v) is 5.53. The maximum absolute atomic E-state index is 12.4. The highest BCUT2D eigenvalue weighted by Crippen LogP contribution is 2.25. The summed E-state index contributed by atoms with van der Waals surface area (Å²) in [6.07, 6.45) is 3.42. The van der Waals surface area contributed by atoms with E-state index in [-0.39, 0.29) is 23.5 Å². The maximum Gasteiger partial charge on any atom is 0.303 e. The number of benzene rings is 1. The summed E-state index contributed by atoms with van der Waals surface area (Å²) in [6, 6.07) is 10.5. The standard InChI is InChI=1S/C17H16N2O4S/c20-16(21)5-2-8-24(22,23)15-4-1-3-12(10-15)14-9-13-6-7-18-17(13)19-11-14/h1,3-4,6-7,9-11H,2,5,8H2,(H,18,19)(H,20,21). The number of H-pyrrole nitrogens is 1.